The van der Waals surface area contributed by atoms with Gasteiger partial charge in [-0.2, -0.15) is 0 Å². The molecular formula is C13H13Cl2N3O4. The van der Waals surface area contributed by atoms with Gasteiger partial charge in [-0.1, -0.05) is 23.2 Å². The van der Waals surface area contributed by atoms with Crippen molar-refractivity contribution in [3.05, 3.63) is 32.3 Å². The predicted molar refractivity (Wildman–Crippen MR) is 82.1 cm³/mol. The molecule has 1 unspecified atom stereocenters. The Morgan fingerprint density at radius 1 is 1.32 bits per heavy atom. The molecule has 2 amide bonds. The van der Waals surface area contributed by atoms with Crippen LogP contribution in [0.4, 0.5) is 11.4 Å². The number of nitrogens with zero attached hydrogens (tertiary/aromatic N) is 2. The molecule has 0 aliphatic carbocycles. The average Bonchev–Trinajstić information content (AvgIpc) is 2.68. The molecule has 1 aliphatic heterocycles. The lowest BCUT2D eigenvalue weighted by atomic mass is 10.2. The van der Waals surface area contributed by atoms with E-state index in [1.807, 2.05) is 0 Å². The Morgan fingerprint density at radius 2 is 1.86 bits per heavy atom. The molecule has 0 spiro atoms. The molecule has 1 N–H and O–H groups in total. The van der Waals surface area contributed by atoms with Gasteiger partial charge in [0.2, 0.25) is 5.91 Å². The number of amides is 2. The zero-order valence-corrected chi connectivity index (χ0v) is 13.3. The number of non-ortho nitro benzene ring substituents is 1. The molecular weight excluding hydrogens is 333 g/mol. The van der Waals surface area contributed by atoms with Crippen LogP contribution in [0.3, 0.4) is 0 Å². The maximum absolute atomic E-state index is 12.2. The molecule has 9 heteroatoms. The van der Waals surface area contributed by atoms with Gasteiger partial charge in [0.05, 0.1) is 27.1 Å². The maximum Gasteiger partial charge on any atom is 0.272 e. The molecule has 7 nitrogen and oxygen atoms in total. The van der Waals surface area contributed by atoms with Gasteiger partial charge in [0.1, 0.15) is 6.04 Å². The van der Waals surface area contributed by atoms with Gasteiger partial charge in [0.25, 0.3) is 11.6 Å². The summed E-state index contributed by atoms with van der Waals surface area (Å²) in [6.07, 6.45) is -0.0132. The number of nitro groups is 1. The molecule has 22 heavy (non-hydrogen) atoms. The Morgan fingerprint density at radius 3 is 2.27 bits per heavy atom. The molecule has 1 aliphatic rings. The van der Waals surface area contributed by atoms with Crippen molar-refractivity contribution in [1.82, 2.24) is 4.90 Å². The van der Waals surface area contributed by atoms with Crippen molar-refractivity contribution in [2.24, 2.45) is 0 Å². The number of hydrogen-bond acceptors (Lipinski definition) is 5. The molecule has 0 saturated carbocycles. The summed E-state index contributed by atoms with van der Waals surface area (Å²) in [4.78, 5) is 35.3. The highest BCUT2D eigenvalue weighted by Crippen LogP contribution is 2.36. The van der Waals surface area contributed by atoms with Gasteiger partial charge in [0.15, 0.2) is 0 Å². The van der Waals surface area contributed by atoms with Gasteiger partial charge < -0.3 is 5.32 Å². The van der Waals surface area contributed by atoms with E-state index in [0.29, 0.717) is 0 Å². The molecule has 1 aromatic carbocycles. The third-order valence-corrected chi connectivity index (χ3v) is 3.85. The summed E-state index contributed by atoms with van der Waals surface area (Å²) in [6, 6.07) is 1.25. The highest BCUT2D eigenvalue weighted by Gasteiger charge is 2.40. The van der Waals surface area contributed by atoms with Crippen molar-refractivity contribution in [2.75, 3.05) is 5.32 Å². The summed E-state index contributed by atoms with van der Waals surface area (Å²) in [5, 5.41) is 13.6. The third-order valence-electron chi connectivity index (χ3n) is 3.26. The van der Waals surface area contributed by atoms with Gasteiger partial charge in [0, 0.05) is 18.2 Å². The van der Waals surface area contributed by atoms with Gasteiger partial charge in [-0.15, -0.1) is 0 Å². The first kappa shape index (κ1) is 16.5. The number of carbonyl (C=O) groups is 2. The summed E-state index contributed by atoms with van der Waals surface area (Å²) < 4.78 is 0. The van der Waals surface area contributed by atoms with E-state index in [4.69, 9.17) is 23.2 Å². The summed E-state index contributed by atoms with van der Waals surface area (Å²) >= 11 is 12.0. The SMILES string of the molecule is CC(C)N1C(=O)CC(Nc2c(Cl)cc([N+](=O)[O-])cc2Cl)C1=O. The lowest BCUT2D eigenvalue weighted by Crippen LogP contribution is -2.39. The third kappa shape index (κ3) is 3.00. The van der Waals surface area contributed by atoms with Gasteiger partial charge in [-0.3, -0.25) is 24.6 Å². The van der Waals surface area contributed by atoms with Crippen LogP contribution in [0.2, 0.25) is 10.0 Å². The molecule has 2 rings (SSSR count). The Hall–Kier alpha value is -1.86. The van der Waals surface area contributed by atoms with Crippen molar-refractivity contribution in [2.45, 2.75) is 32.4 Å². The van der Waals surface area contributed by atoms with Crippen LogP contribution in [0.1, 0.15) is 20.3 Å². The van der Waals surface area contributed by atoms with Crippen LogP contribution in [0.15, 0.2) is 12.1 Å². The van der Waals surface area contributed by atoms with E-state index in [-0.39, 0.29) is 45.7 Å². The van der Waals surface area contributed by atoms with Crippen LogP contribution >= 0.6 is 23.2 Å². The summed E-state index contributed by atoms with van der Waals surface area (Å²) in [6.45, 7) is 3.48. The van der Waals surface area contributed by atoms with Crippen LogP contribution in [-0.2, 0) is 9.59 Å². The highest BCUT2D eigenvalue weighted by molar-refractivity contribution is 6.39. The van der Waals surface area contributed by atoms with Crippen LogP contribution in [0.25, 0.3) is 0 Å². The lowest BCUT2D eigenvalue weighted by Gasteiger charge is -2.20. The first-order chi connectivity index (χ1) is 10.2. The second-order valence-electron chi connectivity index (χ2n) is 5.14. The van der Waals surface area contributed by atoms with Crippen molar-refractivity contribution in [3.63, 3.8) is 0 Å². The molecule has 1 atom stereocenters. The number of likely N-dealkylation sites (tertiary alicyclic amines) is 1. The first-order valence-electron chi connectivity index (χ1n) is 6.48. The predicted octanol–water partition coefficient (Wildman–Crippen LogP) is 2.85. The van der Waals surface area contributed by atoms with Gasteiger partial charge >= 0.3 is 0 Å². The number of rotatable bonds is 4. The van der Waals surface area contributed by atoms with E-state index in [9.17, 15) is 19.7 Å². The number of benzene rings is 1. The second-order valence-corrected chi connectivity index (χ2v) is 5.95. The van der Waals surface area contributed by atoms with E-state index in [1.165, 1.54) is 4.90 Å². The zero-order valence-electron chi connectivity index (χ0n) is 11.8. The Bertz CT molecular complexity index is 640. The molecule has 1 aromatic rings. The molecule has 0 radical (unpaired) electrons. The number of halogens is 2. The van der Waals surface area contributed by atoms with Crippen LogP contribution in [-0.4, -0.2) is 33.7 Å². The Balaban J connectivity index is 2.27. The second kappa shape index (κ2) is 6.10. The summed E-state index contributed by atoms with van der Waals surface area (Å²) in [5.74, 6) is -0.655. The molecule has 0 bridgehead atoms. The lowest BCUT2D eigenvalue weighted by molar-refractivity contribution is -0.384. The number of imide groups is 1. The Kier molecular flexibility index (Phi) is 4.58. The fourth-order valence-corrected chi connectivity index (χ4v) is 2.87. The monoisotopic (exact) mass is 345 g/mol. The molecule has 1 heterocycles. The van der Waals surface area contributed by atoms with E-state index in [0.717, 1.165) is 12.1 Å². The molecule has 1 fully saturated rings. The largest absolute Gasteiger partial charge is 0.371 e. The fraction of sp³-hybridized carbons (Fsp3) is 0.385. The molecule has 1 saturated heterocycles. The van der Waals surface area contributed by atoms with Crippen LogP contribution < -0.4 is 5.32 Å². The van der Waals surface area contributed by atoms with Crippen molar-refractivity contribution in [1.29, 1.82) is 0 Å². The quantitative estimate of drug-likeness (QED) is 0.514. The number of nitrogens with one attached hydrogen (secondary N) is 1. The molecule has 118 valence electrons. The van der Waals surface area contributed by atoms with E-state index in [1.54, 1.807) is 13.8 Å². The smallest absolute Gasteiger partial charge is 0.272 e. The number of hydrogen-bond donors (Lipinski definition) is 1. The van der Waals surface area contributed by atoms with E-state index >= 15 is 0 Å². The van der Waals surface area contributed by atoms with Crippen LogP contribution in [0, 0.1) is 10.1 Å². The standard InChI is InChI=1S/C13H13Cl2N3O4/c1-6(2)17-11(19)5-10(13(17)20)16-12-8(14)3-7(18(21)22)4-9(12)15/h3-4,6,10,16H,5H2,1-2H3. The van der Waals surface area contributed by atoms with Crippen molar-refractivity contribution in [3.8, 4) is 0 Å². The van der Waals surface area contributed by atoms with Crippen molar-refractivity contribution >= 4 is 46.4 Å². The highest BCUT2D eigenvalue weighted by atomic mass is 35.5. The molecule has 0 aromatic heterocycles. The minimum Gasteiger partial charge on any atom is -0.371 e. The Labute approximate surface area is 136 Å². The van der Waals surface area contributed by atoms with Gasteiger partial charge in [-0.25, -0.2) is 0 Å². The van der Waals surface area contributed by atoms with Crippen LogP contribution in [0.5, 0.6) is 0 Å². The summed E-state index contributed by atoms with van der Waals surface area (Å²) in [7, 11) is 0. The zero-order chi connectivity index (χ0) is 16.6. The number of nitro benzene ring substituents is 1. The van der Waals surface area contributed by atoms with Crippen molar-refractivity contribution < 1.29 is 14.5 Å². The minimum absolute atomic E-state index is 0.0132. The number of carbonyl (C=O) groups excluding carboxylic acids is 2. The van der Waals surface area contributed by atoms with E-state index in [2.05, 4.69) is 5.32 Å². The fourth-order valence-electron chi connectivity index (χ4n) is 2.28. The summed E-state index contributed by atoms with van der Waals surface area (Å²) in [5.41, 5.74) is -0.0520. The first-order valence-corrected chi connectivity index (χ1v) is 7.23. The van der Waals surface area contributed by atoms with E-state index < -0.39 is 11.0 Å². The topological polar surface area (TPSA) is 92.6 Å². The van der Waals surface area contributed by atoms with Gasteiger partial charge in [-0.05, 0) is 13.8 Å². The average molecular weight is 346 g/mol. The number of anilines is 1. The maximum atomic E-state index is 12.2. The normalized spacial score (nSPS) is 18.2. The minimum atomic E-state index is -0.786.